The smallest absolute Gasteiger partial charge is 0.243 e. The highest BCUT2D eigenvalue weighted by Crippen LogP contribution is 2.39. The van der Waals surface area contributed by atoms with Crippen LogP contribution in [0.2, 0.25) is 0 Å². The van der Waals surface area contributed by atoms with Crippen LogP contribution < -0.4 is 10.6 Å². The van der Waals surface area contributed by atoms with E-state index in [-0.39, 0.29) is 24.1 Å². The van der Waals surface area contributed by atoms with Crippen LogP contribution in [0.3, 0.4) is 0 Å². The molecule has 0 unspecified atom stereocenters. The van der Waals surface area contributed by atoms with Crippen molar-refractivity contribution in [3.63, 3.8) is 0 Å². The van der Waals surface area contributed by atoms with Gasteiger partial charge in [0.25, 0.3) is 0 Å². The normalized spacial score (nSPS) is 13.3. The van der Waals surface area contributed by atoms with Gasteiger partial charge in [-0.15, -0.1) is 0 Å². The Morgan fingerprint density at radius 1 is 1.03 bits per heavy atom. The molecule has 4 rings (SSSR count). The van der Waals surface area contributed by atoms with Crippen molar-refractivity contribution in [2.75, 3.05) is 17.6 Å². The number of benzene rings is 2. The molecule has 1 aromatic heterocycles. The van der Waals surface area contributed by atoms with Crippen LogP contribution in [0.25, 0.3) is 10.9 Å². The molecule has 0 radical (unpaired) electrons. The third kappa shape index (κ3) is 5.13. The van der Waals surface area contributed by atoms with Gasteiger partial charge >= 0.3 is 0 Å². The van der Waals surface area contributed by atoms with Gasteiger partial charge in [-0.1, -0.05) is 42.1 Å². The molecular weight excluding hydrogens is 452 g/mol. The first-order valence-electron chi connectivity index (χ1n) is 9.30. The maximum Gasteiger partial charge on any atom is 0.243 e. The van der Waals surface area contributed by atoms with Gasteiger partial charge in [0.1, 0.15) is 10.9 Å². The molecule has 0 bridgehead atoms. The SMILES string of the molecule is O=C(CSc1nc(C2CC2)nc2ccccc12)NCC(=O)Nc1ccccc1Br. The second-order valence-corrected chi connectivity index (χ2v) is 8.59. The van der Waals surface area contributed by atoms with Crippen LogP contribution in [0, 0.1) is 0 Å². The van der Waals surface area contributed by atoms with E-state index in [1.54, 1.807) is 6.07 Å². The van der Waals surface area contributed by atoms with E-state index in [4.69, 9.17) is 0 Å². The number of nitrogens with one attached hydrogen (secondary N) is 2. The Morgan fingerprint density at radius 2 is 1.79 bits per heavy atom. The van der Waals surface area contributed by atoms with Gasteiger partial charge in [-0.25, -0.2) is 9.97 Å². The number of thioether (sulfide) groups is 1. The first-order valence-corrected chi connectivity index (χ1v) is 11.1. The Kier molecular flexibility index (Phi) is 6.10. The van der Waals surface area contributed by atoms with E-state index in [0.717, 1.165) is 39.1 Å². The summed E-state index contributed by atoms with van der Waals surface area (Å²) >= 11 is 4.75. The molecule has 1 aliphatic rings. The standard InChI is InChI=1S/C21H19BrN4O2S/c22-15-6-2-4-8-17(15)24-18(27)11-23-19(28)12-29-21-14-5-1-3-7-16(14)25-20(26-21)13-9-10-13/h1-8,13H,9-12H2,(H,23,28)(H,24,27). The molecule has 0 atom stereocenters. The van der Waals surface area contributed by atoms with Gasteiger partial charge in [0, 0.05) is 15.8 Å². The first kappa shape index (κ1) is 19.8. The zero-order valence-corrected chi connectivity index (χ0v) is 17.9. The lowest BCUT2D eigenvalue weighted by Crippen LogP contribution is -2.34. The minimum Gasteiger partial charge on any atom is -0.346 e. The molecule has 2 aromatic carbocycles. The molecule has 1 saturated carbocycles. The molecule has 6 nitrogen and oxygen atoms in total. The van der Waals surface area contributed by atoms with E-state index < -0.39 is 0 Å². The molecular formula is C21H19BrN4O2S. The molecule has 3 aromatic rings. The Hall–Kier alpha value is -2.45. The molecule has 1 fully saturated rings. The summed E-state index contributed by atoms with van der Waals surface area (Å²) in [5.41, 5.74) is 1.57. The summed E-state index contributed by atoms with van der Waals surface area (Å²) in [6.07, 6.45) is 2.24. The maximum atomic E-state index is 12.2. The van der Waals surface area contributed by atoms with Gasteiger partial charge in [-0.3, -0.25) is 9.59 Å². The second kappa shape index (κ2) is 8.92. The summed E-state index contributed by atoms with van der Waals surface area (Å²) in [5, 5.41) is 7.18. The number of carbonyl (C=O) groups is 2. The number of para-hydroxylation sites is 2. The van der Waals surface area contributed by atoms with Crippen LogP contribution in [0.1, 0.15) is 24.6 Å². The van der Waals surface area contributed by atoms with Crippen LogP contribution in [-0.2, 0) is 9.59 Å². The van der Waals surface area contributed by atoms with Gasteiger partial charge < -0.3 is 10.6 Å². The highest BCUT2D eigenvalue weighted by atomic mass is 79.9. The van der Waals surface area contributed by atoms with E-state index in [1.165, 1.54) is 11.8 Å². The second-order valence-electron chi connectivity index (χ2n) is 6.77. The number of hydrogen-bond donors (Lipinski definition) is 2. The van der Waals surface area contributed by atoms with E-state index in [9.17, 15) is 9.59 Å². The number of anilines is 1. The zero-order valence-electron chi connectivity index (χ0n) is 15.5. The predicted octanol–water partition coefficient (Wildman–Crippen LogP) is 4.12. The van der Waals surface area contributed by atoms with Crippen molar-refractivity contribution < 1.29 is 9.59 Å². The minimum absolute atomic E-state index is 0.0847. The molecule has 2 amide bonds. The van der Waals surface area contributed by atoms with Crippen molar-refractivity contribution in [2.45, 2.75) is 23.8 Å². The monoisotopic (exact) mass is 470 g/mol. The van der Waals surface area contributed by atoms with Crippen LogP contribution in [0.15, 0.2) is 58.0 Å². The highest BCUT2D eigenvalue weighted by Gasteiger charge is 2.27. The largest absolute Gasteiger partial charge is 0.346 e. The lowest BCUT2D eigenvalue weighted by Gasteiger charge is -2.09. The molecule has 8 heteroatoms. The summed E-state index contributed by atoms with van der Waals surface area (Å²) in [5.74, 6) is 0.993. The van der Waals surface area contributed by atoms with E-state index in [2.05, 4.69) is 36.5 Å². The van der Waals surface area contributed by atoms with Crippen molar-refractivity contribution >= 4 is 56.1 Å². The Bertz CT molecular complexity index is 1070. The van der Waals surface area contributed by atoms with Crippen molar-refractivity contribution in [1.82, 2.24) is 15.3 Å². The van der Waals surface area contributed by atoms with Crippen molar-refractivity contribution in [3.8, 4) is 0 Å². The van der Waals surface area contributed by atoms with E-state index in [0.29, 0.717) is 11.6 Å². The Labute approximate surface area is 181 Å². The number of halogens is 1. The van der Waals surface area contributed by atoms with Gasteiger partial charge in [0.05, 0.1) is 23.5 Å². The Morgan fingerprint density at radius 3 is 2.59 bits per heavy atom. The zero-order chi connectivity index (χ0) is 20.2. The number of amides is 2. The van der Waals surface area contributed by atoms with Crippen molar-refractivity contribution in [2.24, 2.45) is 0 Å². The number of carbonyl (C=O) groups excluding carboxylic acids is 2. The fourth-order valence-electron chi connectivity index (χ4n) is 2.82. The predicted molar refractivity (Wildman–Crippen MR) is 118 cm³/mol. The lowest BCUT2D eigenvalue weighted by molar-refractivity contribution is -0.122. The van der Waals surface area contributed by atoms with Crippen molar-refractivity contribution in [1.29, 1.82) is 0 Å². The summed E-state index contributed by atoms with van der Waals surface area (Å²) < 4.78 is 0.789. The number of nitrogens with zero attached hydrogens (tertiary/aromatic N) is 2. The maximum absolute atomic E-state index is 12.2. The molecule has 148 valence electrons. The topological polar surface area (TPSA) is 84.0 Å². The highest BCUT2D eigenvalue weighted by molar-refractivity contribution is 9.10. The molecule has 2 N–H and O–H groups in total. The summed E-state index contributed by atoms with van der Waals surface area (Å²) in [7, 11) is 0. The van der Waals surface area contributed by atoms with Crippen LogP contribution >= 0.6 is 27.7 Å². The summed E-state index contributed by atoms with van der Waals surface area (Å²) in [4.78, 5) is 33.6. The summed E-state index contributed by atoms with van der Waals surface area (Å²) in [6.45, 7) is -0.0847. The molecule has 0 spiro atoms. The van der Waals surface area contributed by atoms with Crippen LogP contribution in [0.4, 0.5) is 5.69 Å². The average Bonchev–Trinajstić information content (AvgIpc) is 3.57. The van der Waals surface area contributed by atoms with E-state index >= 15 is 0 Å². The van der Waals surface area contributed by atoms with Gasteiger partial charge in [0.15, 0.2) is 0 Å². The molecule has 0 saturated heterocycles. The third-order valence-corrected chi connectivity index (χ3v) is 6.14. The third-order valence-electron chi connectivity index (χ3n) is 4.46. The van der Waals surface area contributed by atoms with Crippen LogP contribution in [-0.4, -0.2) is 34.1 Å². The molecule has 1 heterocycles. The van der Waals surface area contributed by atoms with E-state index in [1.807, 2.05) is 42.5 Å². The molecule has 29 heavy (non-hydrogen) atoms. The Balaban J connectivity index is 1.34. The van der Waals surface area contributed by atoms with Crippen molar-refractivity contribution in [3.05, 3.63) is 58.8 Å². The molecule has 1 aliphatic carbocycles. The van der Waals surface area contributed by atoms with Gasteiger partial charge in [-0.05, 0) is 47.0 Å². The fourth-order valence-corrected chi connectivity index (χ4v) is 4.06. The average molecular weight is 471 g/mol. The summed E-state index contributed by atoms with van der Waals surface area (Å²) in [6, 6.07) is 15.2. The number of hydrogen-bond acceptors (Lipinski definition) is 5. The minimum atomic E-state index is -0.279. The fraction of sp³-hybridized carbons (Fsp3) is 0.238. The van der Waals surface area contributed by atoms with Gasteiger partial charge in [-0.2, -0.15) is 0 Å². The number of aromatic nitrogens is 2. The molecule has 0 aliphatic heterocycles. The lowest BCUT2D eigenvalue weighted by atomic mass is 10.2. The quantitative estimate of drug-likeness (QED) is 0.400. The number of fused-ring (bicyclic) bond motifs is 1. The first-order chi connectivity index (χ1) is 14.1. The van der Waals surface area contributed by atoms with Crippen LogP contribution in [0.5, 0.6) is 0 Å². The number of rotatable bonds is 7. The van der Waals surface area contributed by atoms with Gasteiger partial charge in [0.2, 0.25) is 11.8 Å².